The van der Waals surface area contributed by atoms with Gasteiger partial charge >= 0.3 is 0 Å². The normalized spacial score (nSPS) is 23.9. The van der Waals surface area contributed by atoms with E-state index in [1.807, 2.05) is 6.07 Å². The average molecular weight is 334 g/mol. The summed E-state index contributed by atoms with van der Waals surface area (Å²) in [6.07, 6.45) is 5.55. The molecule has 1 N–H and O–H groups in total. The number of hydrogen-bond acceptors (Lipinski definition) is 3. The highest BCUT2D eigenvalue weighted by Crippen LogP contribution is 2.51. The maximum Gasteiger partial charge on any atom is 0.269 e. The quantitative estimate of drug-likeness (QED) is 0.455. The second-order valence-electron chi connectivity index (χ2n) is 7.29. The smallest absolute Gasteiger partial charge is 0.269 e. The van der Waals surface area contributed by atoms with E-state index in [1.165, 1.54) is 16.8 Å². The molecule has 4 heteroatoms. The molecule has 2 aromatic carbocycles. The fraction of sp³-hybridized carbons (Fsp3) is 0.333. The van der Waals surface area contributed by atoms with E-state index < -0.39 is 0 Å². The average Bonchev–Trinajstić information content (AvgIpc) is 3.10. The molecule has 3 atom stereocenters. The minimum Gasteiger partial charge on any atom is -0.377 e. The second-order valence-corrected chi connectivity index (χ2v) is 7.29. The van der Waals surface area contributed by atoms with Crippen LogP contribution in [-0.4, -0.2) is 4.92 Å². The van der Waals surface area contributed by atoms with Gasteiger partial charge < -0.3 is 5.32 Å². The first-order valence-electron chi connectivity index (χ1n) is 8.86. The molecule has 2 aliphatic rings. The number of nitrogens with one attached hydrogen (secondary N) is 1. The fourth-order valence-electron chi connectivity index (χ4n) is 4.29. The highest BCUT2D eigenvalue weighted by molar-refractivity contribution is 5.65. The molecule has 0 spiro atoms. The van der Waals surface area contributed by atoms with Gasteiger partial charge in [0.15, 0.2) is 0 Å². The Bertz CT molecular complexity index is 857. The molecule has 2 aromatic rings. The summed E-state index contributed by atoms with van der Waals surface area (Å²) in [5.74, 6) is 1.20. The Balaban J connectivity index is 1.81. The topological polar surface area (TPSA) is 55.2 Å². The van der Waals surface area contributed by atoms with Crippen molar-refractivity contribution in [2.24, 2.45) is 5.92 Å². The van der Waals surface area contributed by atoms with E-state index in [2.05, 4.69) is 49.5 Å². The first-order chi connectivity index (χ1) is 12.1. The molecule has 1 heterocycles. The summed E-state index contributed by atoms with van der Waals surface area (Å²) in [6, 6.07) is 13.7. The SMILES string of the molecule is CC(C)c1cccc2c1N[C@H](c1cccc([N+](=O)[O-])c1)[C@H]1CC=C[C@H]21. The van der Waals surface area contributed by atoms with E-state index in [0.29, 0.717) is 17.8 Å². The Labute approximate surface area is 147 Å². The fourth-order valence-corrected chi connectivity index (χ4v) is 4.29. The largest absolute Gasteiger partial charge is 0.377 e. The highest BCUT2D eigenvalue weighted by Gasteiger charge is 2.39. The number of nitro benzene ring substituents is 1. The highest BCUT2D eigenvalue weighted by atomic mass is 16.6. The van der Waals surface area contributed by atoms with Gasteiger partial charge in [0.25, 0.3) is 5.69 Å². The maximum atomic E-state index is 11.2. The third kappa shape index (κ3) is 2.62. The molecule has 0 saturated carbocycles. The summed E-state index contributed by atoms with van der Waals surface area (Å²) >= 11 is 0. The van der Waals surface area contributed by atoms with Gasteiger partial charge in [-0.2, -0.15) is 0 Å². The van der Waals surface area contributed by atoms with Crippen LogP contribution in [0.5, 0.6) is 0 Å². The molecular formula is C21H22N2O2. The van der Waals surface area contributed by atoms with Crippen LogP contribution in [0.25, 0.3) is 0 Å². The molecule has 0 fully saturated rings. The number of anilines is 1. The Morgan fingerprint density at radius 2 is 2.00 bits per heavy atom. The Morgan fingerprint density at radius 1 is 1.20 bits per heavy atom. The van der Waals surface area contributed by atoms with Gasteiger partial charge in [0.2, 0.25) is 0 Å². The number of para-hydroxylation sites is 1. The maximum absolute atomic E-state index is 11.2. The molecule has 0 saturated heterocycles. The molecule has 1 aliphatic heterocycles. The van der Waals surface area contributed by atoms with E-state index in [0.717, 1.165) is 12.0 Å². The van der Waals surface area contributed by atoms with Crippen molar-refractivity contribution in [2.75, 3.05) is 5.32 Å². The van der Waals surface area contributed by atoms with Crippen molar-refractivity contribution >= 4 is 11.4 Å². The number of nitro groups is 1. The molecule has 1 aliphatic carbocycles. The molecule has 128 valence electrons. The molecule has 4 nitrogen and oxygen atoms in total. The van der Waals surface area contributed by atoms with Gasteiger partial charge in [-0.3, -0.25) is 10.1 Å². The van der Waals surface area contributed by atoms with Crippen LogP contribution in [0.3, 0.4) is 0 Å². The lowest BCUT2D eigenvalue weighted by Gasteiger charge is -2.39. The van der Waals surface area contributed by atoms with Crippen molar-refractivity contribution in [1.29, 1.82) is 0 Å². The van der Waals surface area contributed by atoms with Gasteiger partial charge in [-0.1, -0.05) is 56.3 Å². The third-order valence-electron chi connectivity index (χ3n) is 5.49. The minimum absolute atomic E-state index is 0.0901. The van der Waals surface area contributed by atoms with Crippen molar-refractivity contribution in [3.63, 3.8) is 0 Å². The van der Waals surface area contributed by atoms with E-state index >= 15 is 0 Å². The van der Waals surface area contributed by atoms with Gasteiger partial charge in [-0.05, 0) is 34.9 Å². The van der Waals surface area contributed by atoms with Gasteiger partial charge in [0.05, 0.1) is 11.0 Å². The Kier molecular flexibility index (Phi) is 3.83. The molecule has 0 amide bonds. The summed E-state index contributed by atoms with van der Waals surface area (Å²) in [4.78, 5) is 10.9. The number of non-ortho nitro benzene ring substituents is 1. The molecule has 0 unspecified atom stereocenters. The number of rotatable bonds is 3. The molecule has 0 aromatic heterocycles. The standard InChI is InChI=1S/C21H22N2O2/c1-13(2)16-8-4-11-19-17-9-5-10-18(17)20(22-21(16)19)14-6-3-7-15(12-14)23(24)25/h3-9,11-13,17-18,20,22H,10H2,1-2H3/t17-,18-,20+/m0/s1. The summed E-state index contributed by atoms with van der Waals surface area (Å²) in [6.45, 7) is 4.41. The lowest BCUT2D eigenvalue weighted by atomic mass is 9.75. The summed E-state index contributed by atoms with van der Waals surface area (Å²) in [7, 11) is 0. The number of benzene rings is 2. The van der Waals surface area contributed by atoms with Crippen LogP contribution < -0.4 is 5.32 Å². The van der Waals surface area contributed by atoms with Gasteiger partial charge in [-0.25, -0.2) is 0 Å². The van der Waals surface area contributed by atoms with Gasteiger partial charge in [0, 0.05) is 23.7 Å². The van der Waals surface area contributed by atoms with E-state index in [9.17, 15) is 10.1 Å². The molecule has 0 radical (unpaired) electrons. The summed E-state index contributed by atoms with van der Waals surface area (Å²) < 4.78 is 0. The molecule has 25 heavy (non-hydrogen) atoms. The van der Waals surface area contributed by atoms with E-state index in [1.54, 1.807) is 18.2 Å². The number of fused-ring (bicyclic) bond motifs is 3. The molecule has 0 bridgehead atoms. The lowest BCUT2D eigenvalue weighted by Crippen LogP contribution is -2.30. The van der Waals surface area contributed by atoms with Gasteiger partial charge in [0.1, 0.15) is 0 Å². The van der Waals surface area contributed by atoms with Crippen molar-refractivity contribution in [2.45, 2.75) is 38.1 Å². The zero-order valence-electron chi connectivity index (χ0n) is 14.5. The predicted octanol–water partition coefficient (Wildman–Crippen LogP) is 5.54. The first kappa shape index (κ1) is 15.9. The van der Waals surface area contributed by atoms with Crippen LogP contribution in [0, 0.1) is 16.0 Å². The van der Waals surface area contributed by atoms with E-state index in [4.69, 9.17) is 0 Å². The first-order valence-corrected chi connectivity index (χ1v) is 8.86. The second kappa shape index (κ2) is 6.03. The zero-order valence-corrected chi connectivity index (χ0v) is 14.5. The monoisotopic (exact) mass is 334 g/mol. The van der Waals surface area contributed by atoms with Crippen LogP contribution in [0.2, 0.25) is 0 Å². The Hall–Kier alpha value is -2.62. The van der Waals surface area contributed by atoms with Crippen LogP contribution >= 0.6 is 0 Å². The Morgan fingerprint density at radius 3 is 2.76 bits per heavy atom. The lowest BCUT2D eigenvalue weighted by molar-refractivity contribution is -0.384. The summed E-state index contributed by atoms with van der Waals surface area (Å²) in [5, 5.41) is 14.9. The summed E-state index contributed by atoms with van der Waals surface area (Å²) in [5.41, 5.74) is 5.03. The third-order valence-corrected chi connectivity index (χ3v) is 5.49. The number of hydrogen-bond donors (Lipinski definition) is 1. The van der Waals surface area contributed by atoms with Crippen molar-refractivity contribution in [1.82, 2.24) is 0 Å². The van der Waals surface area contributed by atoms with Crippen molar-refractivity contribution in [3.8, 4) is 0 Å². The minimum atomic E-state index is -0.315. The zero-order chi connectivity index (χ0) is 17.6. The van der Waals surface area contributed by atoms with Crippen molar-refractivity contribution in [3.05, 3.63) is 81.4 Å². The van der Waals surface area contributed by atoms with Gasteiger partial charge in [-0.15, -0.1) is 0 Å². The van der Waals surface area contributed by atoms with Crippen LogP contribution in [0.1, 0.15) is 54.8 Å². The van der Waals surface area contributed by atoms with Crippen molar-refractivity contribution < 1.29 is 4.92 Å². The van der Waals surface area contributed by atoms with Crippen LogP contribution in [0.4, 0.5) is 11.4 Å². The number of nitrogens with zero attached hydrogens (tertiary/aromatic N) is 1. The molecular weight excluding hydrogens is 312 g/mol. The van der Waals surface area contributed by atoms with Crippen LogP contribution in [0.15, 0.2) is 54.6 Å². The molecule has 4 rings (SSSR count). The predicted molar refractivity (Wildman–Crippen MR) is 100.0 cm³/mol. The number of allylic oxidation sites excluding steroid dienone is 2. The van der Waals surface area contributed by atoms with Crippen LogP contribution in [-0.2, 0) is 0 Å². The van der Waals surface area contributed by atoms with E-state index in [-0.39, 0.29) is 16.7 Å².